The zero-order valence-electron chi connectivity index (χ0n) is 8.33. The number of hydrogen-bond donors (Lipinski definition) is 0. The van der Waals surface area contributed by atoms with E-state index in [1.165, 1.54) is 42.0 Å². The maximum absolute atomic E-state index is 12.2. The number of anilines is 1. The van der Waals surface area contributed by atoms with Gasteiger partial charge in [-0.1, -0.05) is 21.1 Å². The average molecular weight is 229 g/mol. The molecule has 0 amide bonds. The molecule has 0 N–H and O–H groups in total. The number of hydrogen-bond acceptors (Lipinski definition) is 2. The van der Waals surface area contributed by atoms with Gasteiger partial charge >= 0.3 is 0 Å². The van der Waals surface area contributed by atoms with Crippen LogP contribution in [0.4, 0.5) is 14.6 Å². The fraction of sp³-hybridized carbons (Fsp3) is 0.455. The highest BCUT2D eigenvalue weighted by atomic mass is 32.2. The lowest BCUT2D eigenvalue weighted by Crippen LogP contribution is -2.07. The van der Waals surface area contributed by atoms with Crippen LogP contribution in [0.3, 0.4) is 0 Å². The van der Waals surface area contributed by atoms with E-state index in [0.29, 0.717) is 5.92 Å². The Labute approximate surface area is 92.3 Å². The number of halogens is 2. The van der Waals surface area contributed by atoms with Gasteiger partial charge in [-0.25, -0.2) is 0 Å². The molecule has 1 aromatic carbocycles. The van der Waals surface area contributed by atoms with Gasteiger partial charge in [0.25, 0.3) is 0 Å². The largest absolute Gasteiger partial charge is 0.162 e. The maximum atomic E-state index is 12.2. The van der Waals surface area contributed by atoms with Crippen molar-refractivity contribution >= 4 is 17.4 Å². The molecule has 4 heteroatoms. The van der Waals surface area contributed by atoms with Crippen molar-refractivity contribution in [1.82, 2.24) is 0 Å². The van der Waals surface area contributed by atoms with Gasteiger partial charge in [0.15, 0.2) is 0 Å². The van der Waals surface area contributed by atoms with Crippen LogP contribution in [0.1, 0.15) is 24.3 Å². The van der Waals surface area contributed by atoms with Crippen LogP contribution in [0.25, 0.3) is 0 Å². The molecule has 1 saturated heterocycles. The third-order valence-electron chi connectivity index (χ3n) is 2.78. The minimum absolute atomic E-state index is 0.0380. The van der Waals surface area contributed by atoms with Crippen LogP contribution in [0.15, 0.2) is 24.3 Å². The highest BCUT2D eigenvalue weighted by Gasteiger charge is 2.15. The van der Waals surface area contributed by atoms with E-state index in [0.717, 1.165) is 0 Å². The van der Waals surface area contributed by atoms with Crippen molar-refractivity contribution in [2.24, 2.45) is 0 Å². The number of rotatable bonds is 2. The Morgan fingerprint density at radius 1 is 1.07 bits per heavy atom. The Morgan fingerprint density at radius 2 is 1.67 bits per heavy atom. The van der Waals surface area contributed by atoms with Crippen LogP contribution >= 0.6 is 11.8 Å². The van der Waals surface area contributed by atoms with Crippen molar-refractivity contribution in [3.8, 4) is 0 Å². The van der Waals surface area contributed by atoms with E-state index in [4.69, 9.17) is 0 Å². The molecular formula is C11H13F2NS. The molecule has 2 rings (SSSR count). The van der Waals surface area contributed by atoms with Crippen LogP contribution in [-0.4, -0.2) is 11.5 Å². The smallest absolute Gasteiger partial charge is 0.105 e. The van der Waals surface area contributed by atoms with Gasteiger partial charge in [-0.3, -0.25) is 0 Å². The first kappa shape index (κ1) is 10.7. The summed E-state index contributed by atoms with van der Waals surface area (Å²) < 4.78 is 24.3. The summed E-state index contributed by atoms with van der Waals surface area (Å²) >= 11 is 1.97. The van der Waals surface area contributed by atoms with Crippen molar-refractivity contribution in [2.75, 3.05) is 16.8 Å². The molecule has 82 valence electrons. The second-order valence-corrected chi connectivity index (χ2v) is 4.94. The minimum atomic E-state index is -0.847. The van der Waals surface area contributed by atoms with Crippen molar-refractivity contribution < 1.29 is 8.96 Å². The molecule has 0 unspecified atom stereocenters. The Balaban J connectivity index is 2.08. The standard InChI is InChI=1S/C11H13F2NS/c12-14(13)11-3-1-9(2-4-11)10-5-7-15-8-6-10/h1-4,10H,5-8H2. The Bertz CT molecular complexity index is 307. The molecule has 0 radical (unpaired) electrons. The predicted molar refractivity (Wildman–Crippen MR) is 60.4 cm³/mol. The summed E-state index contributed by atoms with van der Waals surface area (Å²) in [6, 6.07) is 6.61. The SMILES string of the molecule is FN(F)c1ccc(C2CCSCC2)cc1. The maximum Gasteiger partial charge on any atom is 0.105 e. The molecular weight excluding hydrogens is 216 g/mol. The van der Waals surface area contributed by atoms with Gasteiger partial charge < -0.3 is 0 Å². The summed E-state index contributed by atoms with van der Waals surface area (Å²) in [6.07, 6.45) is 2.33. The second-order valence-electron chi connectivity index (χ2n) is 3.71. The van der Waals surface area contributed by atoms with Gasteiger partial charge in [0.05, 0.1) is 0 Å². The third-order valence-corrected chi connectivity index (χ3v) is 3.83. The van der Waals surface area contributed by atoms with Crippen molar-refractivity contribution in [3.63, 3.8) is 0 Å². The van der Waals surface area contributed by atoms with Gasteiger partial charge in [-0.15, -0.1) is 0 Å². The van der Waals surface area contributed by atoms with E-state index in [-0.39, 0.29) is 5.69 Å². The van der Waals surface area contributed by atoms with Gasteiger partial charge in [0, 0.05) is 0 Å². The van der Waals surface area contributed by atoms with Crippen LogP contribution in [0.2, 0.25) is 0 Å². The van der Waals surface area contributed by atoms with E-state index >= 15 is 0 Å². The van der Waals surface area contributed by atoms with E-state index < -0.39 is 5.34 Å². The summed E-state index contributed by atoms with van der Waals surface area (Å²) in [5.41, 5.74) is 1.16. The third kappa shape index (κ3) is 2.62. The van der Waals surface area contributed by atoms with Gasteiger partial charge in [0.1, 0.15) is 5.69 Å². The number of thioether (sulfide) groups is 1. The molecule has 0 bridgehead atoms. The minimum Gasteiger partial charge on any atom is -0.162 e. The first-order valence-corrected chi connectivity index (χ1v) is 6.22. The highest BCUT2D eigenvalue weighted by Crippen LogP contribution is 2.32. The van der Waals surface area contributed by atoms with Crippen LogP contribution < -0.4 is 5.34 Å². The summed E-state index contributed by atoms with van der Waals surface area (Å²) in [7, 11) is 0. The zero-order valence-corrected chi connectivity index (χ0v) is 9.14. The fourth-order valence-corrected chi connectivity index (χ4v) is 3.00. The lowest BCUT2D eigenvalue weighted by Gasteiger charge is -2.21. The molecule has 1 aliphatic heterocycles. The van der Waals surface area contributed by atoms with Gasteiger partial charge in [-0.05, 0) is 53.3 Å². The second kappa shape index (κ2) is 4.84. The van der Waals surface area contributed by atoms with Crippen molar-refractivity contribution in [2.45, 2.75) is 18.8 Å². The van der Waals surface area contributed by atoms with E-state index in [1.807, 2.05) is 23.9 Å². The highest BCUT2D eigenvalue weighted by molar-refractivity contribution is 7.99. The van der Waals surface area contributed by atoms with Crippen LogP contribution in [-0.2, 0) is 0 Å². The van der Waals surface area contributed by atoms with E-state index in [2.05, 4.69) is 0 Å². The lowest BCUT2D eigenvalue weighted by molar-refractivity contribution is 0.235. The summed E-state index contributed by atoms with van der Waals surface area (Å²) in [4.78, 5) is 0. The Morgan fingerprint density at radius 3 is 2.20 bits per heavy atom. The van der Waals surface area contributed by atoms with Gasteiger partial charge in [-0.2, -0.15) is 11.8 Å². The van der Waals surface area contributed by atoms with Gasteiger partial charge in [0.2, 0.25) is 0 Å². The predicted octanol–water partition coefficient (Wildman–Crippen LogP) is 3.87. The van der Waals surface area contributed by atoms with Crippen LogP contribution in [0.5, 0.6) is 0 Å². The summed E-state index contributed by atoms with van der Waals surface area (Å²) in [5.74, 6) is 2.93. The monoisotopic (exact) mass is 229 g/mol. The molecule has 1 heterocycles. The van der Waals surface area contributed by atoms with E-state index in [1.54, 1.807) is 0 Å². The lowest BCUT2D eigenvalue weighted by atomic mass is 9.93. The molecule has 1 aromatic rings. The summed E-state index contributed by atoms with van der Waals surface area (Å²) in [5, 5.41) is -0.847. The van der Waals surface area contributed by atoms with Crippen molar-refractivity contribution in [3.05, 3.63) is 29.8 Å². The normalized spacial score (nSPS) is 17.7. The molecule has 1 fully saturated rings. The first-order chi connectivity index (χ1) is 7.27. The average Bonchev–Trinajstić information content (AvgIpc) is 2.30. The van der Waals surface area contributed by atoms with E-state index in [9.17, 15) is 8.96 Å². The molecule has 15 heavy (non-hydrogen) atoms. The molecule has 0 spiro atoms. The molecule has 0 atom stereocenters. The Kier molecular flexibility index (Phi) is 3.46. The van der Waals surface area contributed by atoms with Crippen LogP contribution in [0, 0.1) is 0 Å². The zero-order chi connectivity index (χ0) is 10.7. The molecule has 0 saturated carbocycles. The molecule has 1 nitrogen and oxygen atoms in total. The number of benzene rings is 1. The summed E-state index contributed by atoms with van der Waals surface area (Å²) in [6.45, 7) is 0. The fourth-order valence-electron chi connectivity index (χ4n) is 1.89. The first-order valence-electron chi connectivity index (χ1n) is 5.07. The molecule has 1 aliphatic rings. The number of nitrogens with zero attached hydrogens (tertiary/aromatic N) is 1. The molecule has 0 aromatic heterocycles. The quantitative estimate of drug-likeness (QED) is 0.708. The topological polar surface area (TPSA) is 3.24 Å². The Hall–Kier alpha value is -0.770. The van der Waals surface area contributed by atoms with Crippen molar-refractivity contribution in [1.29, 1.82) is 0 Å². The molecule has 0 aliphatic carbocycles.